The normalized spacial score (nSPS) is 14.0. The van der Waals surface area contributed by atoms with Gasteiger partial charge in [0.25, 0.3) is 0 Å². The summed E-state index contributed by atoms with van der Waals surface area (Å²) in [6, 6.07) is 13.6. The molecule has 3 rings (SSSR count). The summed E-state index contributed by atoms with van der Waals surface area (Å²) >= 11 is 0. The molecule has 0 heteroatoms. The second-order valence-corrected chi connectivity index (χ2v) is 8.35. The molecule has 0 amide bonds. The van der Waals surface area contributed by atoms with Gasteiger partial charge in [-0.1, -0.05) is 77.9 Å². The Bertz CT molecular complexity index is 691. The lowest BCUT2D eigenvalue weighted by Crippen LogP contribution is -2.18. The van der Waals surface area contributed by atoms with Crippen LogP contribution in [0.1, 0.15) is 63.8 Å². The van der Waals surface area contributed by atoms with E-state index >= 15 is 0 Å². The molecule has 2 aromatic rings. The molecular weight excluding hydrogens is 252 g/mol. The van der Waals surface area contributed by atoms with Gasteiger partial charge in [0.05, 0.1) is 0 Å². The molecule has 0 heterocycles. The van der Waals surface area contributed by atoms with Crippen LogP contribution in [0.25, 0.3) is 11.1 Å². The predicted molar refractivity (Wildman–Crippen MR) is 92.1 cm³/mol. The average Bonchev–Trinajstić information content (AvgIpc) is 2.74. The summed E-state index contributed by atoms with van der Waals surface area (Å²) < 4.78 is 0. The van der Waals surface area contributed by atoms with Crippen LogP contribution in [0.4, 0.5) is 0 Å². The molecule has 0 atom stereocenters. The summed E-state index contributed by atoms with van der Waals surface area (Å²) in [5.41, 5.74) is 9.34. The molecule has 0 saturated carbocycles. The lowest BCUT2D eigenvalue weighted by atomic mass is 9.76. The first-order valence-electron chi connectivity index (χ1n) is 7.95. The summed E-state index contributed by atoms with van der Waals surface area (Å²) in [5, 5.41) is 0. The maximum absolute atomic E-state index is 2.37. The van der Waals surface area contributed by atoms with Crippen molar-refractivity contribution in [2.24, 2.45) is 0 Å². The van der Waals surface area contributed by atoms with Gasteiger partial charge in [-0.05, 0) is 50.6 Å². The van der Waals surface area contributed by atoms with E-state index < -0.39 is 0 Å². The maximum atomic E-state index is 2.37. The zero-order chi connectivity index (χ0) is 15.4. The van der Waals surface area contributed by atoms with Crippen molar-refractivity contribution in [2.45, 2.75) is 58.8 Å². The van der Waals surface area contributed by atoms with Gasteiger partial charge < -0.3 is 0 Å². The van der Waals surface area contributed by atoms with E-state index in [1.807, 2.05) is 0 Å². The summed E-state index contributed by atoms with van der Waals surface area (Å²) in [7, 11) is 0. The van der Waals surface area contributed by atoms with E-state index in [4.69, 9.17) is 0 Å². The van der Waals surface area contributed by atoms with Crippen LogP contribution >= 0.6 is 0 Å². The van der Waals surface area contributed by atoms with Crippen molar-refractivity contribution in [2.75, 3.05) is 0 Å². The number of hydrogen-bond acceptors (Lipinski definition) is 0. The van der Waals surface area contributed by atoms with E-state index in [2.05, 4.69) is 77.9 Å². The topological polar surface area (TPSA) is 0 Å². The Morgan fingerprint density at radius 3 is 1.90 bits per heavy atom. The quantitative estimate of drug-likeness (QED) is 0.483. The third-order valence-electron chi connectivity index (χ3n) is 4.58. The molecule has 0 spiro atoms. The van der Waals surface area contributed by atoms with Gasteiger partial charge in [-0.3, -0.25) is 0 Å². The highest BCUT2D eigenvalue weighted by Gasteiger charge is 2.31. The van der Waals surface area contributed by atoms with Crippen LogP contribution in [-0.4, -0.2) is 0 Å². The van der Waals surface area contributed by atoms with Crippen molar-refractivity contribution < 1.29 is 0 Å². The van der Waals surface area contributed by atoms with Gasteiger partial charge in [0, 0.05) is 0 Å². The summed E-state index contributed by atoms with van der Waals surface area (Å²) in [6.45, 7) is 13.9. The van der Waals surface area contributed by atoms with Crippen molar-refractivity contribution in [1.29, 1.82) is 0 Å². The van der Waals surface area contributed by atoms with E-state index in [0.29, 0.717) is 0 Å². The van der Waals surface area contributed by atoms with Gasteiger partial charge in [0.1, 0.15) is 0 Å². The van der Waals surface area contributed by atoms with E-state index in [-0.39, 0.29) is 10.8 Å². The molecule has 0 fully saturated rings. The van der Waals surface area contributed by atoms with E-state index in [1.54, 1.807) is 5.56 Å². The third kappa shape index (κ3) is 2.31. The fraction of sp³-hybridized carbons (Fsp3) is 0.429. The van der Waals surface area contributed by atoms with Crippen LogP contribution in [0, 0.1) is 0 Å². The van der Waals surface area contributed by atoms with Gasteiger partial charge in [-0.15, -0.1) is 0 Å². The minimum absolute atomic E-state index is 0.179. The highest BCUT2D eigenvalue weighted by atomic mass is 14.3. The Balaban J connectivity index is 2.35. The summed E-state index contributed by atoms with van der Waals surface area (Å²) in [6.07, 6.45) is 1.09. The van der Waals surface area contributed by atoms with Crippen molar-refractivity contribution in [3.8, 4) is 11.1 Å². The first-order chi connectivity index (χ1) is 9.69. The molecule has 110 valence electrons. The molecule has 0 saturated heterocycles. The van der Waals surface area contributed by atoms with Gasteiger partial charge in [0.2, 0.25) is 0 Å². The Morgan fingerprint density at radius 2 is 1.29 bits per heavy atom. The fourth-order valence-electron chi connectivity index (χ4n) is 3.58. The summed E-state index contributed by atoms with van der Waals surface area (Å²) in [4.78, 5) is 0. The van der Waals surface area contributed by atoms with Crippen LogP contribution in [0.2, 0.25) is 0 Å². The number of fused-ring (bicyclic) bond motifs is 3. The standard InChI is InChI=1S/C21H26/c1-20(2,3)17-11-12-18(21(4,5)6)19-15-10-8-7-9-14(15)13-16(17)19/h7-12H,13H2,1-6H3. The molecule has 0 aliphatic heterocycles. The first kappa shape index (κ1) is 14.4. The van der Waals surface area contributed by atoms with Crippen molar-refractivity contribution in [1.82, 2.24) is 0 Å². The molecule has 0 radical (unpaired) electrons. The van der Waals surface area contributed by atoms with E-state index in [9.17, 15) is 0 Å². The van der Waals surface area contributed by atoms with Crippen LogP contribution in [0.5, 0.6) is 0 Å². The molecule has 2 aromatic carbocycles. The Kier molecular flexibility index (Phi) is 3.06. The molecule has 1 aliphatic rings. The molecule has 0 bridgehead atoms. The SMILES string of the molecule is CC(C)(C)c1ccc(C(C)(C)C)c2c1Cc1ccccc1-2. The molecule has 0 aromatic heterocycles. The minimum atomic E-state index is 0.179. The minimum Gasteiger partial charge on any atom is -0.0619 e. The van der Waals surface area contributed by atoms with Gasteiger partial charge in [-0.2, -0.15) is 0 Å². The van der Waals surface area contributed by atoms with Crippen LogP contribution < -0.4 is 0 Å². The highest BCUT2D eigenvalue weighted by Crippen LogP contribution is 2.46. The molecule has 0 nitrogen and oxygen atoms in total. The second kappa shape index (κ2) is 4.47. The monoisotopic (exact) mass is 278 g/mol. The average molecular weight is 278 g/mol. The predicted octanol–water partition coefficient (Wildman–Crippen LogP) is 5.85. The van der Waals surface area contributed by atoms with Gasteiger partial charge in [-0.25, -0.2) is 0 Å². The Hall–Kier alpha value is -1.56. The third-order valence-corrected chi connectivity index (χ3v) is 4.58. The van der Waals surface area contributed by atoms with E-state index in [1.165, 1.54) is 27.8 Å². The Morgan fingerprint density at radius 1 is 0.714 bits per heavy atom. The lowest BCUT2D eigenvalue weighted by Gasteiger charge is -2.28. The molecule has 1 aliphatic carbocycles. The first-order valence-corrected chi connectivity index (χ1v) is 7.95. The molecular formula is C21H26. The zero-order valence-corrected chi connectivity index (χ0v) is 14.2. The molecule has 0 N–H and O–H groups in total. The van der Waals surface area contributed by atoms with Crippen molar-refractivity contribution >= 4 is 0 Å². The number of rotatable bonds is 0. The largest absolute Gasteiger partial charge is 0.0619 e. The zero-order valence-electron chi connectivity index (χ0n) is 14.2. The molecule has 21 heavy (non-hydrogen) atoms. The summed E-state index contributed by atoms with van der Waals surface area (Å²) in [5.74, 6) is 0. The van der Waals surface area contributed by atoms with Crippen molar-refractivity contribution in [3.63, 3.8) is 0 Å². The maximum Gasteiger partial charge on any atom is -0.00104 e. The van der Waals surface area contributed by atoms with Gasteiger partial charge in [0.15, 0.2) is 0 Å². The van der Waals surface area contributed by atoms with Crippen LogP contribution in [0.15, 0.2) is 36.4 Å². The Labute approximate surface area is 129 Å². The van der Waals surface area contributed by atoms with Crippen molar-refractivity contribution in [3.05, 3.63) is 58.7 Å². The highest BCUT2D eigenvalue weighted by molar-refractivity contribution is 5.82. The second-order valence-electron chi connectivity index (χ2n) is 8.35. The van der Waals surface area contributed by atoms with Gasteiger partial charge >= 0.3 is 0 Å². The lowest BCUT2D eigenvalue weighted by molar-refractivity contribution is 0.574. The number of benzene rings is 2. The smallest absolute Gasteiger partial charge is 0.00104 e. The van der Waals surface area contributed by atoms with Crippen LogP contribution in [-0.2, 0) is 17.3 Å². The van der Waals surface area contributed by atoms with Crippen LogP contribution in [0.3, 0.4) is 0 Å². The van der Waals surface area contributed by atoms with E-state index in [0.717, 1.165) is 6.42 Å². The fourth-order valence-corrected chi connectivity index (χ4v) is 3.58. The molecule has 0 unspecified atom stereocenters. The number of hydrogen-bond donors (Lipinski definition) is 0.